The number of nitrogens with one attached hydrogen (secondary N) is 2. The number of nitro groups is 1. The predicted molar refractivity (Wildman–Crippen MR) is 71.0 cm³/mol. The smallest absolute Gasteiger partial charge is 0.311 e. The highest BCUT2D eigenvalue weighted by Crippen LogP contribution is 2.29. The summed E-state index contributed by atoms with van der Waals surface area (Å²) in [5, 5.41) is 13.5. The Hall–Kier alpha value is -1.87. The van der Waals surface area contributed by atoms with Crippen molar-refractivity contribution >= 4 is 21.4 Å². The molecule has 0 saturated carbocycles. The quantitative estimate of drug-likeness (QED) is 0.560. The van der Waals surface area contributed by atoms with Gasteiger partial charge in [0.2, 0.25) is 10.0 Å². The van der Waals surface area contributed by atoms with Gasteiger partial charge >= 0.3 is 5.69 Å². The van der Waals surface area contributed by atoms with E-state index in [1.54, 1.807) is 0 Å². The van der Waals surface area contributed by atoms with Crippen molar-refractivity contribution < 1.29 is 18.1 Å². The van der Waals surface area contributed by atoms with Gasteiger partial charge in [-0.1, -0.05) is 0 Å². The summed E-state index contributed by atoms with van der Waals surface area (Å²) in [6.07, 6.45) is 0. The number of nitro benzene ring substituents is 1. The van der Waals surface area contributed by atoms with Crippen LogP contribution in [0.4, 0.5) is 11.4 Å². The molecule has 1 rings (SSSR count). The van der Waals surface area contributed by atoms with Crippen LogP contribution in [0.25, 0.3) is 0 Å². The molecule has 0 spiro atoms. The van der Waals surface area contributed by atoms with Crippen molar-refractivity contribution in [3.63, 3.8) is 0 Å². The molecule has 0 aliphatic rings. The molecule has 1 aromatic rings. The SMILES string of the molecule is CNS(=O)(=O)CCNc1ccc([N+](=O)[O-])c(OC)c1. The largest absolute Gasteiger partial charge is 0.490 e. The lowest BCUT2D eigenvalue weighted by atomic mass is 10.2. The monoisotopic (exact) mass is 289 g/mol. The van der Waals surface area contributed by atoms with Crippen LogP contribution in [-0.2, 0) is 10.0 Å². The zero-order valence-electron chi connectivity index (χ0n) is 10.5. The van der Waals surface area contributed by atoms with Crippen LogP contribution >= 0.6 is 0 Å². The normalized spacial score (nSPS) is 11.1. The van der Waals surface area contributed by atoms with Crippen LogP contribution in [-0.4, -0.2) is 39.8 Å². The number of methoxy groups -OCH3 is 1. The number of nitrogens with zero attached hydrogens (tertiary/aromatic N) is 1. The standard InChI is InChI=1S/C10H15N3O5S/c1-11-19(16,17)6-5-12-8-3-4-9(13(14)15)10(7-8)18-2/h3-4,7,11-12H,5-6H2,1-2H3. The van der Waals surface area contributed by atoms with Crippen LogP contribution < -0.4 is 14.8 Å². The average molecular weight is 289 g/mol. The molecule has 0 aliphatic heterocycles. The van der Waals surface area contributed by atoms with Gasteiger partial charge in [0.25, 0.3) is 0 Å². The van der Waals surface area contributed by atoms with Gasteiger partial charge in [0.1, 0.15) is 0 Å². The lowest BCUT2D eigenvalue weighted by Crippen LogP contribution is -2.26. The van der Waals surface area contributed by atoms with Gasteiger partial charge in [0.05, 0.1) is 17.8 Å². The van der Waals surface area contributed by atoms with Gasteiger partial charge < -0.3 is 10.1 Å². The number of sulfonamides is 1. The first kappa shape index (κ1) is 15.2. The van der Waals surface area contributed by atoms with E-state index in [2.05, 4.69) is 10.0 Å². The molecule has 9 heteroatoms. The molecule has 0 aliphatic carbocycles. The summed E-state index contributed by atoms with van der Waals surface area (Å²) in [7, 11) is -0.610. The van der Waals surface area contributed by atoms with Crippen molar-refractivity contribution in [2.75, 3.05) is 31.8 Å². The Bertz CT molecular complexity index is 558. The summed E-state index contributed by atoms with van der Waals surface area (Å²) in [6, 6.07) is 4.24. The van der Waals surface area contributed by atoms with Crippen LogP contribution in [0.15, 0.2) is 18.2 Å². The van der Waals surface area contributed by atoms with Crippen molar-refractivity contribution in [3.05, 3.63) is 28.3 Å². The molecular weight excluding hydrogens is 274 g/mol. The molecule has 0 bridgehead atoms. The minimum Gasteiger partial charge on any atom is -0.490 e. The molecule has 2 N–H and O–H groups in total. The second-order valence-electron chi connectivity index (χ2n) is 3.59. The topological polar surface area (TPSA) is 111 Å². The van der Waals surface area contributed by atoms with Crippen molar-refractivity contribution in [1.82, 2.24) is 4.72 Å². The summed E-state index contributed by atoms with van der Waals surface area (Å²) in [4.78, 5) is 10.1. The van der Waals surface area contributed by atoms with Crippen LogP contribution in [0.5, 0.6) is 5.75 Å². The van der Waals surface area contributed by atoms with Crippen LogP contribution in [0.2, 0.25) is 0 Å². The van der Waals surface area contributed by atoms with Gasteiger partial charge in [-0.15, -0.1) is 0 Å². The predicted octanol–water partition coefficient (Wildman–Crippen LogP) is 0.564. The maximum Gasteiger partial charge on any atom is 0.311 e. The fourth-order valence-corrected chi connectivity index (χ4v) is 1.95. The van der Waals surface area contributed by atoms with E-state index in [1.807, 2.05) is 0 Å². The summed E-state index contributed by atoms with van der Waals surface area (Å²) in [5.74, 6) is 0.0227. The van der Waals surface area contributed by atoms with E-state index in [9.17, 15) is 18.5 Å². The molecule has 19 heavy (non-hydrogen) atoms. The Morgan fingerprint density at radius 2 is 2.11 bits per heavy atom. The van der Waals surface area contributed by atoms with E-state index in [0.717, 1.165) is 0 Å². The second-order valence-corrected chi connectivity index (χ2v) is 5.64. The lowest BCUT2D eigenvalue weighted by molar-refractivity contribution is -0.385. The van der Waals surface area contributed by atoms with Gasteiger partial charge in [-0.3, -0.25) is 10.1 Å². The Labute approximate surface area is 111 Å². The molecule has 0 radical (unpaired) electrons. The Balaban J connectivity index is 2.73. The maximum atomic E-state index is 11.2. The molecule has 0 atom stereocenters. The minimum absolute atomic E-state index is 0.0944. The summed E-state index contributed by atoms with van der Waals surface area (Å²) in [5.41, 5.74) is 0.407. The first-order chi connectivity index (χ1) is 8.89. The fraction of sp³-hybridized carbons (Fsp3) is 0.400. The van der Waals surface area contributed by atoms with E-state index in [-0.39, 0.29) is 23.7 Å². The number of anilines is 1. The molecule has 8 nitrogen and oxygen atoms in total. The van der Waals surface area contributed by atoms with Crippen LogP contribution in [0.3, 0.4) is 0 Å². The number of ether oxygens (including phenoxy) is 1. The van der Waals surface area contributed by atoms with E-state index in [4.69, 9.17) is 4.74 Å². The number of hydrogen-bond donors (Lipinski definition) is 2. The first-order valence-corrected chi connectivity index (χ1v) is 7.02. The summed E-state index contributed by atoms with van der Waals surface area (Å²) >= 11 is 0. The Kier molecular flexibility index (Phi) is 5.07. The summed E-state index contributed by atoms with van der Waals surface area (Å²) < 4.78 is 29.5. The first-order valence-electron chi connectivity index (χ1n) is 5.37. The second kappa shape index (κ2) is 6.34. The van der Waals surface area contributed by atoms with Crippen molar-refractivity contribution in [2.24, 2.45) is 0 Å². The van der Waals surface area contributed by atoms with Gasteiger partial charge in [-0.2, -0.15) is 0 Å². The highest BCUT2D eigenvalue weighted by atomic mass is 32.2. The minimum atomic E-state index is -3.28. The van der Waals surface area contributed by atoms with E-state index in [0.29, 0.717) is 5.69 Å². The zero-order valence-corrected chi connectivity index (χ0v) is 11.4. The Morgan fingerprint density at radius 3 is 2.63 bits per heavy atom. The number of benzene rings is 1. The van der Waals surface area contributed by atoms with Gasteiger partial charge in [-0.25, -0.2) is 13.1 Å². The molecule has 0 aromatic heterocycles. The van der Waals surface area contributed by atoms with Gasteiger partial charge in [-0.05, 0) is 13.1 Å². The summed E-state index contributed by atoms with van der Waals surface area (Å²) in [6.45, 7) is 0.185. The maximum absolute atomic E-state index is 11.2. The van der Waals surface area contributed by atoms with E-state index < -0.39 is 14.9 Å². The van der Waals surface area contributed by atoms with Gasteiger partial charge in [0, 0.05) is 24.4 Å². The highest BCUT2D eigenvalue weighted by Gasteiger charge is 2.14. The lowest BCUT2D eigenvalue weighted by Gasteiger charge is -2.08. The third kappa shape index (κ3) is 4.38. The average Bonchev–Trinajstić information content (AvgIpc) is 2.38. The molecular formula is C10H15N3O5S. The van der Waals surface area contributed by atoms with Crippen molar-refractivity contribution in [1.29, 1.82) is 0 Å². The molecule has 0 unspecified atom stereocenters. The van der Waals surface area contributed by atoms with Crippen molar-refractivity contribution in [2.45, 2.75) is 0 Å². The third-order valence-corrected chi connectivity index (χ3v) is 3.75. The van der Waals surface area contributed by atoms with Gasteiger partial charge in [0.15, 0.2) is 5.75 Å². The third-order valence-electron chi connectivity index (χ3n) is 2.39. The molecule has 0 saturated heterocycles. The number of hydrogen-bond acceptors (Lipinski definition) is 6. The van der Waals surface area contributed by atoms with Crippen LogP contribution in [0.1, 0.15) is 0 Å². The zero-order chi connectivity index (χ0) is 14.5. The van der Waals surface area contributed by atoms with E-state index >= 15 is 0 Å². The molecule has 0 heterocycles. The molecule has 0 amide bonds. The van der Waals surface area contributed by atoms with Crippen molar-refractivity contribution in [3.8, 4) is 5.75 Å². The molecule has 106 valence electrons. The van der Waals surface area contributed by atoms with E-state index in [1.165, 1.54) is 32.4 Å². The molecule has 0 fully saturated rings. The van der Waals surface area contributed by atoms with Crippen LogP contribution in [0, 0.1) is 10.1 Å². The highest BCUT2D eigenvalue weighted by molar-refractivity contribution is 7.89. The molecule has 1 aromatic carbocycles. The number of rotatable bonds is 7. The fourth-order valence-electron chi connectivity index (χ4n) is 1.37. The Morgan fingerprint density at radius 1 is 1.42 bits per heavy atom.